The van der Waals surface area contributed by atoms with Crippen LogP contribution in [0.15, 0.2) is 24.3 Å². The molecule has 0 bridgehead atoms. The lowest BCUT2D eigenvalue weighted by atomic mass is 10.1. The van der Waals surface area contributed by atoms with Crippen LogP contribution in [0.25, 0.3) is 0 Å². The molecule has 0 aliphatic rings. The summed E-state index contributed by atoms with van der Waals surface area (Å²) in [6.45, 7) is 16.8. The fourth-order valence-corrected chi connectivity index (χ4v) is 9.96. The van der Waals surface area contributed by atoms with E-state index in [0.717, 1.165) is 11.3 Å². The molecular formula is C23H42O5Si. The third-order valence-corrected chi connectivity index (χ3v) is 12.1. The first-order chi connectivity index (χ1) is 13.7. The minimum atomic E-state index is -1.98. The topological polar surface area (TPSA) is 57.2 Å². The van der Waals surface area contributed by atoms with E-state index in [1.54, 1.807) is 7.11 Å². The van der Waals surface area contributed by atoms with Gasteiger partial charge in [-0.05, 0) is 41.2 Å². The van der Waals surface area contributed by atoms with Crippen molar-refractivity contribution in [2.24, 2.45) is 5.92 Å². The van der Waals surface area contributed by atoms with Crippen molar-refractivity contribution in [3.8, 4) is 5.75 Å². The summed E-state index contributed by atoms with van der Waals surface area (Å²) < 4.78 is 23.2. The van der Waals surface area contributed by atoms with Gasteiger partial charge in [-0.1, -0.05) is 53.7 Å². The largest absolute Gasteiger partial charge is 0.497 e. The second kappa shape index (κ2) is 12.7. The normalized spacial score (nSPS) is 14.6. The molecule has 29 heavy (non-hydrogen) atoms. The Kier molecular flexibility index (Phi) is 11.4. The molecule has 5 nitrogen and oxygen atoms in total. The van der Waals surface area contributed by atoms with Crippen LogP contribution >= 0.6 is 0 Å². The molecule has 0 heterocycles. The maximum absolute atomic E-state index is 9.90. The third kappa shape index (κ3) is 7.37. The number of ether oxygens (including phenoxy) is 3. The van der Waals surface area contributed by atoms with Crippen LogP contribution in [-0.2, 0) is 20.5 Å². The first-order valence-electron chi connectivity index (χ1n) is 10.8. The fraction of sp³-hybridized carbons (Fsp3) is 0.739. The first-order valence-corrected chi connectivity index (χ1v) is 12.9. The van der Waals surface area contributed by atoms with Crippen LogP contribution in [0, 0.1) is 5.92 Å². The summed E-state index contributed by atoms with van der Waals surface area (Å²) in [4.78, 5) is 0. The highest BCUT2D eigenvalue weighted by Gasteiger charge is 2.46. The minimum Gasteiger partial charge on any atom is -0.497 e. The van der Waals surface area contributed by atoms with Gasteiger partial charge in [0.1, 0.15) is 12.5 Å². The van der Waals surface area contributed by atoms with Crippen LogP contribution in [0.1, 0.15) is 54.0 Å². The van der Waals surface area contributed by atoms with Crippen molar-refractivity contribution in [1.82, 2.24) is 0 Å². The summed E-state index contributed by atoms with van der Waals surface area (Å²) in [7, 11) is -0.334. The van der Waals surface area contributed by atoms with Gasteiger partial charge in [-0.15, -0.1) is 0 Å². The van der Waals surface area contributed by atoms with Gasteiger partial charge < -0.3 is 23.7 Å². The Balaban J connectivity index is 2.52. The van der Waals surface area contributed by atoms with E-state index in [4.69, 9.17) is 18.6 Å². The van der Waals surface area contributed by atoms with E-state index < -0.39 is 8.32 Å². The van der Waals surface area contributed by atoms with E-state index in [1.807, 2.05) is 24.3 Å². The molecule has 0 aliphatic carbocycles. The van der Waals surface area contributed by atoms with E-state index in [2.05, 4.69) is 48.5 Å². The van der Waals surface area contributed by atoms with Crippen molar-refractivity contribution < 1.29 is 23.7 Å². The number of aliphatic hydroxyl groups is 1. The molecular weight excluding hydrogens is 384 g/mol. The van der Waals surface area contributed by atoms with Crippen molar-refractivity contribution in [1.29, 1.82) is 0 Å². The minimum absolute atomic E-state index is 0.0401. The standard InChI is InChI=1S/C23H42O5Si/c1-17(2)29(18(3)4,19(5)6)28-20(7)22(13-24)15-27-16-26-14-21-9-11-23(25-8)12-10-21/h9-12,17-20,22,24H,13-16H2,1-8H3/t20-,22+/m1/s1. The highest BCUT2D eigenvalue weighted by molar-refractivity contribution is 6.77. The van der Waals surface area contributed by atoms with Gasteiger partial charge in [0.2, 0.25) is 8.32 Å². The molecule has 1 N–H and O–H groups in total. The average Bonchev–Trinajstić information content (AvgIpc) is 2.68. The predicted octanol–water partition coefficient (Wildman–Crippen LogP) is 5.38. The van der Waals surface area contributed by atoms with Crippen molar-refractivity contribution in [2.45, 2.75) is 77.8 Å². The summed E-state index contributed by atoms with van der Waals surface area (Å²) in [5.74, 6) is 0.760. The van der Waals surface area contributed by atoms with Gasteiger partial charge in [-0.25, -0.2) is 0 Å². The Bertz CT molecular complexity index is 537. The van der Waals surface area contributed by atoms with Crippen LogP contribution < -0.4 is 4.74 Å². The van der Waals surface area contributed by atoms with Gasteiger partial charge in [-0.3, -0.25) is 0 Å². The van der Waals surface area contributed by atoms with E-state index in [1.165, 1.54) is 0 Å². The molecule has 0 spiro atoms. The smallest absolute Gasteiger partial charge is 0.200 e. The third-order valence-electron chi connectivity index (χ3n) is 5.92. The molecule has 6 heteroatoms. The average molecular weight is 427 g/mol. The van der Waals surface area contributed by atoms with Gasteiger partial charge in [0.05, 0.1) is 26.9 Å². The van der Waals surface area contributed by atoms with Gasteiger partial charge in [0.15, 0.2) is 0 Å². The lowest BCUT2D eigenvalue weighted by Crippen LogP contribution is -2.51. The van der Waals surface area contributed by atoms with Crippen molar-refractivity contribution in [3.05, 3.63) is 29.8 Å². The lowest BCUT2D eigenvalue weighted by Gasteiger charge is -2.45. The Labute approximate surface area is 178 Å². The Hall–Kier alpha value is -0.923. The molecule has 0 amide bonds. The van der Waals surface area contributed by atoms with Crippen molar-refractivity contribution >= 4 is 8.32 Å². The highest BCUT2D eigenvalue weighted by atomic mass is 28.4. The van der Waals surface area contributed by atoms with Crippen LogP contribution in [0.5, 0.6) is 5.75 Å². The monoisotopic (exact) mass is 426 g/mol. The quantitative estimate of drug-likeness (QED) is 0.246. The second-order valence-corrected chi connectivity index (χ2v) is 14.2. The summed E-state index contributed by atoms with van der Waals surface area (Å²) in [5.41, 5.74) is 2.60. The molecule has 0 radical (unpaired) electrons. The molecule has 168 valence electrons. The van der Waals surface area contributed by atoms with Crippen molar-refractivity contribution in [3.63, 3.8) is 0 Å². The van der Waals surface area contributed by atoms with Crippen LogP contribution in [0.4, 0.5) is 0 Å². The molecule has 1 aromatic carbocycles. The molecule has 0 saturated carbocycles. The van der Waals surface area contributed by atoms with Gasteiger partial charge >= 0.3 is 0 Å². The van der Waals surface area contributed by atoms with Crippen LogP contribution in [0.3, 0.4) is 0 Å². The number of methoxy groups -OCH3 is 1. The van der Waals surface area contributed by atoms with Gasteiger partial charge in [-0.2, -0.15) is 0 Å². The van der Waals surface area contributed by atoms with E-state index in [0.29, 0.717) is 29.8 Å². The van der Waals surface area contributed by atoms with E-state index >= 15 is 0 Å². The molecule has 0 aromatic heterocycles. The number of aliphatic hydroxyl groups excluding tert-OH is 1. The summed E-state index contributed by atoms with van der Waals surface area (Å²) >= 11 is 0. The second-order valence-electron chi connectivity index (χ2n) is 8.77. The number of rotatable bonds is 14. The molecule has 2 atom stereocenters. The predicted molar refractivity (Wildman–Crippen MR) is 121 cm³/mol. The summed E-state index contributed by atoms with van der Waals surface area (Å²) in [5, 5.41) is 9.90. The summed E-state index contributed by atoms with van der Waals surface area (Å²) in [6, 6.07) is 7.77. The maximum Gasteiger partial charge on any atom is 0.200 e. The zero-order chi connectivity index (χ0) is 22.0. The highest BCUT2D eigenvalue weighted by Crippen LogP contribution is 2.43. The Morgan fingerprint density at radius 2 is 1.41 bits per heavy atom. The number of benzene rings is 1. The zero-order valence-corrected chi connectivity index (χ0v) is 20.6. The maximum atomic E-state index is 9.90. The van der Waals surface area contributed by atoms with Crippen LogP contribution in [0.2, 0.25) is 16.6 Å². The molecule has 0 unspecified atom stereocenters. The Morgan fingerprint density at radius 3 is 1.86 bits per heavy atom. The van der Waals surface area contributed by atoms with Crippen LogP contribution in [-0.4, -0.2) is 46.6 Å². The number of hydrogen-bond donors (Lipinski definition) is 1. The Morgan fingerprint density at radius 1 is 0.862 bits per heavy atom. The first kappa shape index (κ1) is 26.1. The number of hydrogen-bond acceptors (Lipinski definition) is 5. The molecule has 1 rings (SSSR count). The van der Waals surface area contributed by atoms with E-state index in [-0.39, 0.29) is 25.4 Å². The molecule has 1 aromatic rings. The van der Waals surface area contributed by atoms with E-state index in [9.17, 15) is 5.11 Å². The molecule has 0 saturated heterocycles. The lowest BCUT2D eigenvalue weighted by molar-refractivity contribution is -0.0872. The SMILES string of the molecule is COc1ccc(COCOC[C@H](CO)[C@@H](C)O[Si](C(C)C)(C(C)C)C(C)C)cc1. The van der Waals surface area contributed by atoms with Gasteiger partial charge in [0, 0.05) is 12.0 Å². The fourth-order valence-electron chi connectivity index (χ4n) is 4.30. The molecule has 0 aliphatic heterocycles. The zero-order valence-electron chi connectivity index (χ0n) is 19.6. The van der Waals surface area contributed by atoms with Gasteiger partial charge in [0.25, 0.3) is 0 Å². The summed E-state index contributed by atoms with van der Waals surface area (Å²) in [6.07, 6.45) is -0.0551. The van der Waals surface area contributed by atoms with Crippen molar-refractivity contribution in [2.75, 3.05) is 27.1 Å². The molecule has 0 fully saturated rings.